The van der Waals surface area contributed by atoms with E-state index in [9.17, 15) is 0 Å². The minimum absolute atomic E-state index is 0.864. The Morgan fingerprint density at radius 3 is 1.81 bits per heavy atom. The van der Waals surface area contributed by atoms with Gasteiger partial charge in [0.05, 0.1) is 17.6 Å². The maximum Gasteiger partial charge on any atom is 0.0819 e. The monoisotopic (exact) mass is 272 g/mol. The van der Waals surface area contributed by atoms with Crippen molar-refractivity contribution in [3.8, 4) is 0 Å². The molecule has 0 aliphatic carbocycles. The fourth-order valence-electron chi connectivity index (χ4n) is 2.19. The van der Waals surface area contributed by atoms with Crippen LogP contribution in [0.5, 0.6) is 0 Å². The average molecular weight is 272 g/mol. The van der Waals surface area contributed by atoms with E-state index in [1.165, 1.54) is 11.1 Å². The van der Waals surface area contributed by atoms with E-state index in [0.29, 0.717) is 0 Å². The molecule has 0 saturated heterocycles. The molecule has 2 nitrogen and oxygen atoms in total. The zero-order valence-corrected chi connectivity index (χ0v) is 11.9. The summed E-state index contributed by atoms with van der Waals surface area (Å²) in [5.74, 6) is 0. The predicted octanol–water partition coefficient (Wildman–Crippen LogP) is 4.37. The van der Waals surface area contributed by atoms with Crippen LogP contribution in [0, 0.1) is 6.92 Å². The van der Waals surface area contributed by atoms with Gasteiger partial charge < -0.3 is 0 Å². The lowest BCUT2D eigenvalue weighted by atomic mass is 9.97. The van der Waals surface area contributed by atoms with Crippen molar-refractivity contribution in [3.05, 3.63) is 95.6 Å². The molecule has 0 aliphatic heterocycles. The highest BCUT2D eigenvalue weighted by atomic mass is 14.8. The number of benzene rings is 2. The van der Waals surface area contributed by atoms with Crippen molar-refractivity contribution in [1.29, 1.82) is 0 Å². The number of rotatable bonds is 3. The molecule has 0 spiro atoms. The van der Waals surface area contributed by atoms with E-state index in [2.05, 4.69) is 40.3 Å². The summed E-state index contributed by atoms with van der Waals surface area (Å²) in [6.07, 6.45) is 5.68. The van der Waals surface area contributed by atoms with E-state index in [1.807, 2.05) is 43.3 Å². The topological polar surface area (TPSA) is 25.8 Å². The molecule has 21 heavy (non-hydrogen) atoms. The fourth-order valence-corrected chi connectivity index (χ4v) is 2.19. The van der Waals surface area contributed by atoms with Crippen LogP contribution in [0.2, 0.25) is 0 Å². The van der Waals surface area contributed by atoms with Gasteiger partial charge in [0.2, 0.25) is 0 Å². The first-order valence-electron chi connectivity index (χ1n) is 6.94. The molecule has 2 aromatic carbocycles. The van der Waals surface area contributed by atoms with E-state index in [1.54, 1.807) is 12.4 Å². The molecule has 0 atom stereocenters. The number of hydrogen-bond donors (Lipinski definition) is 0. The maximum atomic E-state index is 4.43. The van der Waals surface area contributed by atoms with Gasteiger partial charge in [-0.05, 0) is 29.7 Å². The van der Waals surface area contributed by atoms with Gasteiger partial charge in [0.15, 0.2) is 0 Å². The van der Waals surface area contributed by atoms with Crippen LogP contribution in [0.3, 0.4) is 0 Å². The third kappa shape index (κ3) is 3.23. The average Bonchev–Trinajstić information content (AvgIpc) is 2.56. The standard InChI is InChI=1S/C19H16N2/c1-15-13-21-18(14-20-15)12-19(16-8-4-2-5-9-16)17-10-6-3-7-11-17/h2-14H,1H3. The summed E-state index contributed by atoms with van der Waals surface area (Å²) < 4.78 is 0. The molecule has 1 heterocycles. The molecule has 0 unspecified atom stereocenters. The first-order chi connectivity index (χ1) is 10.3. The minimum atomic E-state index is 0.864. The Hall–Kier alpha value is -2.74. The molecule has 1 aromatic heterocycles. The second-order valence-corrected chi connectivity index (χ2v) is 4.87. The molecular weight excluding hydrogens is 256 g/mol. The Kier molecular flexibility index (Phi) is 3.88. The zero-order chi connectivity index (χ0) is 14.5. The SMILES string of the molecule is Cc1cnc(C=C(c2ccccc2)c2ccccc2)cn1. The van der Waals surface area contributed by atoms with Crippen molar-refractivity contribution in [2.45, 2.75) is 6.92 Å². The number of nitrogens with zero attached hydrogens (tertiary/aromatic N) is 2. The first-order valence-corrected chi connectivity index (χ1v) is 6.94. The van der Waals surface area contributed by atoms with Crippen LogP contribution in [-0.4, -0.2) is 9.97 Å². The first kappa shape index (κ1) is 13.3. The van der Waals surface area contributed by atoms with Crippen molar-refractivity contribution < 1.29 is 0 Å². The molecule has 0 N–H and O–H groups in total. The molecule has 0 bridgehead atoms. The number of aryl methyl sites for hydroxylation is 1. The highest BCUT2D eigenvalue weighted by Crippen LogP contribution is 2.25. The van der Waals surface area contributed by atoms with Crippen LogP contribution in [0.4, 0.5) is 0 Å². The summed E-state index contributed by atoms with van der Waals surface area (Å²) >= 11 is 0. The molecule has 0 amide bonds. The zero-order valence-electron chi connectivity index (χ0n) is 11.9. The Bertz CT molecular complexity index is 688. The van der Waals surface area contributed by atoms with Crippen LogP contribution < -0.4 is 0 Å². The van der Waals surface area contributed by atoms with E-state index < -0.39 is 0 Å². The minimum Gasteiger partial charge on any atom is -0.258 e. The van der Waals surface area contributed by atoms with E-state index in [4.69, 9.17) is 0 Å². The van der Waals surface area contributed by atoms with Crippen molar-refractivity contribution in [2.24, 2.45) is 0 Å². The lowest BCUT2D eigenvalue weighted by Gasteiger charge is -2.08. The molecule has 102 valence electrons. The van der Waals surface area contributed by atoms with Crippen LogP contribution in [0.1, 0.15) is 22.5 Å². The van der Waals surface area contributed by atoms with E-state index in [0.717, 1.165) is 17.0 Å². The fraction of sp³-hybridized carbons (Fsp3) is 0.0526. The largest absolute Gasteiger partial charge is 0.258 e. The third-order valence-electron chi connectivity index (χ3n) is 3.26. The lowest BCUT2D eigenvalue weighted by molar-refractivity contribution is 1.10. The van der Waals surface area contributed by atoms with Crippen LogP contribution in [-0.2, 0) is 0 Å². The van der Waals surface area contributed by atoms with Gasteiger partial charge in [-0.2, -0.15) is 0 Å². The number of hydrogen-bond acceptors (Lipinski definition) is 2. The van der Waals surface area contributed by atoms with Gasteiger partial charge in [-0.3, -0.25) is 9.97 Å². The molecule has 0 fully saturated rings. The van der Waals surface area contributed by atoms with Crippen LogP contribution in [0.15, 0.2) is 73.1 Å². The van der Waals surface area contributed by atoms with E-state index >= 15 is 0 Å². The Balaban J connectivity index is 2.10. The van der Waals surface area contributed by atoms with Crippen molar-refractivity contribution in [1.82, 2.24) is 9.97 Å². The molecular formula is C19H16N2. The summed E-state index contributed by atoms with van der Waals surface area (Å²) in [7, 11) is 0. The predicted molar refractivity (Wildman–Crippen MR) is 86.6 cm³/mol. The third-order valence-corrected chi connectivity index (χ3v) is 3.26. The van der Waals surface area contributed by atoms with Gasteiger partial charge in [0.25, 0.3) is 0 Å². The van der Waals surface area contributed by atoms with Gasteiger partial charge in [-0.1, -0.05) is 60.7 Å². The Labute approximate surface area is 124 Å². The second kappa shape index (κ2) is 6.14. The van der Waals surface area contributed by atoms with E-state index in [-0.39, 0.29) is 0 Å². The van der Waals surface area contributed by atoms with Gasteiger partial charge >= 0.3 is 0 Å². The Morgan fingerprint density at radius 2 is 1.33 bits per heavy atom. The Morgan fingerprint density at radius 1 is 0.762 bits per heavy atom. The molecule has 3 rings (SSSR count). The van der Waals surface area contributed by atoms with Gasteiger partial charge in [-0.25, -0.2) is 0 Å². The maximum absolute atomic E-state index is 4.43. The summed E-state index contributed by atoms with van der Waals surface area (Å²) in [5.41, 5.74) is 5.28. The second-order valence-electron chi connectivity index (χ2n) is 4.87. The quantitative estimate of drug-likeness (QED) is 0.707. The van der Waals surface area contributed by atoms with Crippen molar-refractivity contribution in [3.63, 3.8) is 0 Å². The molecule has 0 radical (unpaired) electrons. The summed E-state index contributed by atoms with van der Waals surface area (Å²) in [6, 6.07) is 20.7. The molecule has 3 aromatic rings. The molecule has 0 saturated carbocycles. The van der Waals surface area contributed by atoms with Gasteiger partial charge in [-0.15, -0.1) is 0 Å². The summed E-state index contributed by atoms with van der Waals surface area (Å²) in [6.45, 7) is 1.94. The highest BCUT2D eigenvalue weighted by molar-refractivity contribution is 5.90. The molecule has 0 aliphatic rings. The lowest BCUT2D eigenvalue weighted by Crippen LogP contribution is -1.91. The summed E-state index contributed by atoms with van der Waals surface area (Å²) in [5, 5.41) is 0. The van der Waals surface area contributed by atoms with Crippen molar-refractivity contribution >= 4 is 11.6 Å². The highest BCUT2D eigenvalue weighted by Gasteiger charge is 2.05. The normalized spacial score (nSPS) is 10.1. The van der Waals surface area contributed by atoms with Gasteiger partial charge in [0.1, 0.15) is 0 Å². The molecule has 2 heteroatoms. The smallest absolute Gasteiger partial charge is 0.0819 e. The van der Waals surface area contributed by atoms with Crippen LogP contribution in [0.25, 0.3) is 11.6 Å². The van der Waals surface area contributed by atoms with Crippen LogP contribution >= 0.6 is 0 Å². The van der Waals surface area contributed by atoms with Gasteiger partial charge in [0, 0.05) is 6.20 Å². The van der Waals surface area contributed by atoms with Crippen molar-refractivity contribution in [2.75, 3.05) is 0 Å². The summed E-state index contributed by atoms with van der Waals surface area (Å²) in [4.78, 5) is 8.74. The number of aromatic nitrogens is 2.